The Hall–Kier alpha value is -2.15. The number of hydrogen-bond acceptors (Lipinski definition) is 3. The normalized spacial score (nSPS) is 9.93. The van der Waals surface area contributed by atoms with Gasteiger partial charge in [-0.2, -0.15) is 5.26 Å². The van der Waals surface area contributed by atoms with Crippen LogP contribution in [-0.2, 0) is 4.79 Å². The quantitative estimate of drug-likeness (QED) is 0.761. The first kappa shape index (κ1) is 9.93. The maximum absolute atomic E-state index is 10.4. The zero-order valence-corrected chi connectivity index (χ0v) is 7.47. The Morgan fingerprint density at radius 2 is 2.43 bits per heavy atom. The van der Waals surface area contributed by atoms with Gasteiger partial charge in [-0.1, -0.05) is 12.2 Å². The summed E-state index contributed by atoms with van der Waals surface area (Å²) >= 11 is 0. The zero-order valence-electron chi connectivity index (χ0n) is 7.47. The molecule has 0 atom stereocenters. The molecule has 0 aliphatic rings. The highest BCUT2D eigenvalue weighted by atomic mass is 16.1. The van der Waals surface area contributed by atoms with Crippen molar-refractivity contribution in [3.05, 3.63) is 35.7 Å². The minimum atomic E-state index is -0.384. The number of pyridine rings is 1. The van der Waals surface area contributed by atoms with E-state index in [4.69, 9.17) is 11.0 Å². The molecular formula is C10H9N3O. The Balaban J connectivity index is 2.72. The van der Waals surface area contributed by atoms with Crippen molar-refractivity contribution < 1.29 is 4.79 Å². The van der Waals surface area contributed by atoms with Gasteiger partial charge in [-0.05, 0) is 11.6 Å². The fourth-order valence-corrected chi connectivity index (χ4v) is 0.921. The summed E-state index contributed by atoms with van der Waals surface area (Å²) < 4.78 is 0. The molecule has 1 heterocycles. The first-order valence-electron chi connectivity index (χ1n) is 4.02. The molecule has 0 aliphatic heterocycles. The third-order valence-electron chi connectivity index (χ3n) is 1.52. The second kappa shape index (κ2) is 4.77. The van der Waals surface area contributed by atoms with Crippen LogP contribution in [0, 0.1) is 11.3 Å². The summed E-state index contributed by atoms with van der Waals surface area (Å²) in [5.74, 6) is -0.384. The maximum Gasteiger partial charge on any atom is 0.221 e. The molecule has 0 bridgehead atoms. The lowest BCUT2D eigenvalue weighted by atomic mass is 10.2. The molecule has 4 heteroatoms. The number of hydrogen-bond donors (Lipinski definition) is 1. The van der Waals surface area contributed by atoms with Crippen LogP contribution in [-0.4, -0.2) is 10.9 Å². The van der Waals surface area contributed by atoms with Crippen molar-refractivity contribution in [2.75, 3.05) is 0 Å². The monoisotopic (exact) mass is 187 g/mol. The topological polar surface area (TPSA) is 79.8 Å². The van der Waals surface area contributed by atoms with Crippen LogP contribution in [0.5, 0.6) is 0 Å². The molecule has 0 radical (unpaired) electrons. The molecule has 70 valence electrons. The van der Waals surface area contributed by atoms with Gasteiger partial charge in [-0.15, -0.1) is 0 Å². The van der Waals surface area contributed by atoms with Gasteiger partial charge in [0.2, 0.25) is 5.91 Å². The molecule has 1 rings (SSSR count). The number of amides is 1. The average Bonchev–Trinajstić information content (AvgIpc) is 2.18. The average molecular weight is 187 g/mol. The lowest BCUT2D eigenvalue weighted by Crippen LogP contribution is -2.07. The highest BCUT2D eigenvalue weighted by molar-refractivity contribution is 5.76. The van der Waals surface area contributed by atoms with E-state index in [1.807, 2.05) is 6.07 Å². The molecule has 0 aliphatic carbocycles. The van der Waals surface area contributed by atoms with Crippen LogP contribution in [0.2, 0.25) is 0 Å². The summed E-state index contributed by atoms with van der Waals surface area (Å²) in [6, 6.07) is 3.66. The molecule has 1 amide bonds. The number of rotatable bonds is 3. The number of carbonyl (C=O) groups is 1. The van der Waals surface area contributed by atoms with E-state index >= 15 is 0 Å². The van der Waals surface area contributed by atoms with Gasteiger partial charge in [0.15, 0.2) is 0 Å². The van der Waals surface area contributed by atoms with Crippen molar-refractivity contribution in [3.8, 4) is 6.07 Å². The molecular weight excluding hydrogens is 178 g/mol. The molecule has 1 aromatic rings. The van der Waals surface area contributed by atoms with E-state index in [1.165, 1.54) is 6.20 Å². The summed E-state index contributed by atoms with van der Waals surface area (Å²) in [7, 11) is 0. The van der Waals surface area contributed by atoms with Gasteiger partial charge in [-0.25, -0.2) is 0 Å². The Morgan fingerprint density at radius 3 is 3.07 bits per heavy atom. The van der Waals surface area contributed by atoms with Crippen molar-refractivity contribution in [3.63, 3.8) is 0 Å². The van der Waals surface area contributed by atoms with E-state index in [-0.39, 0.29) is 12.3 Å². The van der Waals surface area contributed by atoms with Crippen LogP contribution in [0.15, 0.2) is 24.5 Å². The standard InChI is InChI=1S/C10H9N3O/c11-5-9-4-8(6-13-7-9)2-1-3-10(12)14/h1-2,4,6-7H,3H2,(H2,12,14). The number of carbonyl (C=O) groups excluding carboxylic acids is 1. The fourth-order valence-electron chi connectivity index (χ4n) is 0.921. The SMILES string of the molecule is N#Cc1cncc(C=CCC(N)=O)c1. The predicted molar refractivity (Wildman–Crippen MR) is 51.8 cm³/mol. The van der Waals surface area contributed by atoms with Gasteiger partial charge in [0, 0.05) is 18.8 Å². The van der Waals surface area contributed by atoms with Crippen molar-refractivity contribution in [1.82, 2.24) is 4.98 Å². The Bertz CT molecular complexity index is 404. The van der Waals surface area contributed by atoms with Crippen LogP contribution in [0.4, 0.5) is 0 Å². The van der Waals surface area contributed by atoms with Gasteiger partial charge in [0.1, 0.15) is 6.07 Å². The van der Waals surface area contributed by atoms with Crippen LogP contribution >= 0.6 is 0 Å². The van der Waals surface area contributed by atoms with Crippen LogP contribution in [0.3, 0.4) is 0 Å². The van der Waals surface area contributed by atoms with Gasteiger partial charge in [0.05, 0.1) is 5.56 Å². The highest BCUT2D eigenvalue weighted by Gasteiger charge is 1.92. The molecule has 0 fully saturated rings. The Morgan fingerprint density at radius 1 is 1.64 bits per heavy atom. The molecule has 0 spiro atoms. The molecule has 4 nitrogen and oxygen atoms in total. The lowest BCUT2D eigenvalue weighted by molar-refractivity contribution is -0.117. The van der Waals surface area contributed by atoms with Crippen LogP contribution in [0.1, 0.15) is 17.5 Å². The first-order chi connectivity index (χ1) is 6.72. The summed E-state index contributed by atoms with van der Waals surface area (Å²) in [5, 5.41) is 8.59. The third-order valence-corrected chi connectivity index (χ3v) is 1.52. The van der Waals surface area contributed by atoms with E-state index in [0.29, 0.717) is 5.56 Å². The lowest BCUT2D eigenvalue weighted by Gasteiger charge is -1.92. The van der Waals surface area contributed by atoms with Crippen LogP contribution < -0.4 is 5.73 Å². The van der Waals surface area contributed by atoms with Gasteiger partial charge >= 0.3 is 0 Å². The van der Waals surface area contributed by atoms with E-state index in [0.717, 1.165) is 5.56 Å². The second-order valence-electron chi connectivity index (χ2n) is 2.69. The maximum atomic E-state index is 10.4. The molecule has 0 saturated heterocycles. The summed E-state index contributed by atoms with van der Waals surface area (Å²) in [4.78, 5) is 14.3. The summed E-state index contributed by atoms with van der Waals surface area (Å²) in [6.45, 7) is 0. The predicted octanol–water partition coefficient (Wildman–Crippen LogP) is 0.842. The van der Waals surface area contributed by atoms with Gasteiger partial charge < -0.3 is 5.73 Å². The van der Waals surface area contributed by atoms with Crippen molar-refractivity contribution in [2.45, 2.75) is 6.42 Å². The van der Waals surface area contributed by atoms with Crippen LogP contribution in [0.25, 0.3) is 6.08 Å². The van der Waals surface area contributed by atoms with E-state index in [2.05, 4.69) is 4.98 Å². The van der Waals surface area contributed by atoms with E-state index < -0.39 is 0 Å². The molecule has 0 saturated carbocycles. The largest absolute Gasteiger partial charge is 0.369 e. The zero-order chi connectivity index (χ0) is 10.4. The number of nitrogens with two attached hydrogens (primary N) is 1. The van der Waals surface area contributed by atoms with Crippen molar-refractivity contribution >= 4 is 12.0 Å². The van der Waals surface area contributed by atoms with E-state index in [1.54, 1.807) is 24.4 Å². The van der Waals surface area contributed by atoms with Gasteiger partial charge in [0.25, 0.3) is 0 Å². The van der Waals surface area contributed by atoms with Crippen molar-refractivity contribution in [2.24, 2.45) is 5.73 Å². The van der Waals surface area contributed by atoms with Crippen molar-refractivity contribution in [1.29, 1.82) is 5.26 Å². The molecule has 0 unspecified atom stereocenters. The number of nitrogens with zero attached hydrogens (tertiary/aromatic N) is 2. The third kappa shape index (κ3) is 3.07. The molecule has 2 N–H and O–H groups in total. The van der Waals surface area contributed by atoms with Gasteiger partial charge in [-0.3, -0.25) is 9.78 Å². The first-order valence-corrected chi connectivity index (χ1v) is 4.02. The molecule has 0 aromatic carbocycles. The Labute approximate surface area is 81.7 Å². The molecule has 14 heavy (non-hydrogen) atoms. The number of aromatic nitrogens is 1. The Kier molecular flexibility index (Phi) is 3.39. The smallest absolute Gasteiger partial charge is 0.221 e. The van der Waals surface area contributed by atoms with E-state index in [9.17, 15) is 4.79 Å². The number of nitriles is 1. The minimum Gasteiger partial charge on any atom is -0.369 e. The molecule has 1 aromatic heterocycles. The second-order valence-corrected chi connectivity index (χ2v) is 2.69. The summed E-state index contributed by atoms with van der Waals surface area (Å²) in [5.41, 5.74) is 6.23. The fraction of sp³-hybridized carbons (Fsp3) is 0.100. The minimum absolute atomic E-state index is 0.191. The summed E-state index contributed by atoms with van der Waals surface area (Å²) in [6.07, 6.45) is 6.62. The number of primary amides is 1. The highest BCUT2D eigenvalue weighted by Crippen LogP contribution is 2.03.